The van der Waals surface area contributed by atoms with Gasteiger partial charge in [-0.05, 0) is 43.6 Å². The molecule has 0 amide bonds. The van der Waals surface area contributed by atoms with E-state index in [1.807, 2.05) is 6.07 Å². The lowest BCUT2D eigenvalue weighted by Crippen LogP contribution is -2.46. The summed E-state index contributed by atoms with van der Waals surface area (Å²) in [6, 6.07) is 1.81. The fourth-order valence-corrected chi connectivity index (χ4v) is 4.61. The van der Waals surface area contributed by atoms with E-state index in [0.29, 0.717) is 5.92 Å². The van der Waals surface area contributed by atoms with E-state index in [0.717, 1.165) is 30.6 Å². The minimum Gasteiger partial charge on any atom is -0.465 e. The van der Waals surface area contributed by atoms with Crippen molar-refractivity contribution in [2.75, 3.05) is 0 Å². The first-order valence-corrected chi connectivity index (χ1v) is 6.69. The molecule has 0 N–H and O–H groups in total. The Labute approximate surface area is 106 Å². The average molecular weight is 246 g/mol. The summed E-state index contributed by atoms with van der Waals surface area (Å²) >= 11 is 0. The lowest BCUT2D eigenvalue weighted by atomic mass is 9.83. The number of furan rings is 1. The molecular formula is C15H18O3. The molecule has 1 aliphatic carbocycles. The summed E-state index contributed by atoms with van der Waals surface area (Å²) in [6.07, 6.45) is 4.43. The molecule has 3 heterocycles. The van der Waals surface area contributed by atoms with Crippen molar-refractivity contribution in [2.45, 2.75) is 51.2 Å². The van der Waals surface area contributed by atoms with Crippen molar-refractivity contribution in [1.29, 1.82) is 0 Å². The van der Waals surface area contributed by atoms with Crippen LogP contribution in [-0.4, -0.2) is 11.4 Å². The van der Waals surface area contributed by atoms with E-state index < -0.39 is 11.2 Å². The Hall–Kier alpha value is -1.09. The summed E-state index contributed by atoms with van der Waals surface area (Å²) < 4.78 is 11.8. The van der Waals surface area contributed by atoms with Gasteiger partial charge in [0.05, 0.1) is 11.8 Å². The number of ketones is 1. The molecule has 3 nitrogen and oxygen atoms in total. The van der Waals surface area contributed by atoms with E-state index in [-0.39, 0.29) is 11.2 Å². The zero-order chi connectivity index (χ0) is 12.8. The SMILES string of the molecule is CC1(C)C[C@@H]2C[C@]3(C)O[C@@]2(C1)C(=O)c1ccoc13. The molecule has 96 valence electrons. The number of fused-ring (bicyclic) bond motifs is 3. The standard InChI is InChI=1S/C15H18O3/c1-13(2)6-9-7-14(3)12-10(4-5-17-12)11(16)15(9,8-13)18-14/h4-5,9H,6-8H2,1-3H3/t9-,14+,15-/m1/s1. The predicted molar refractivity (Wildman–Crippen MR) is 65.3 cm³/mol. The van der Waals surface area contributed by atoms with Gasteiger partial charge in [-0.1, -0.05) is 13.8 Å². The molecular weight excluding hydrogens is 228 g/mol. The van der Waals surface area contributed by atoms with Gasteiger partial charge in [-0.15, -0.1) is 0 Å². The molecule has 1 aromatic heterocycles. The highest BCUT2D eigenvalue weighted by molar-refractivity contribution is 6.05. The Kier molecular flexibility index (Phi) is 1.65. The van der Waals surface area contributed by atoms with Crippen LogP contribution in [0.4, 0.5) is 0 Å². The van der Waals surface area contributed by atoms with E-state index in [4.69, 9.17) is 9.15 Å². The van der Waals surface area contributed by atoms with Gasteiger partial charge in [-0.3, -0.25) is 4.79 Å². The van der Waals surface area contributed by atoms with Crippen LogP contribution >= 0.6 is 0 Å². The third kappa shape index (κ3) is 1.03. The molecule has 4 rings (SSSR count). The van der Waals surface area contributed by atoms with Crippen LogP contribution in [0.15, 0.2) is 16.7 Å². The fourth-order valence-electron chi connectivity index (χ4n) is 4.61. The quantitative estimate of drug-likeness (QED) is 0.705. The van der Waals surface area contributed by atoms with E-state index >= 15 is 0 Å². The number of ether oxygens (including phenoxy) is 1. The van der Waals surface area contributed by atoms with E-state index in [1.165, 1.54) is 0 Å². The normalized spacial score (nSPS) is 43.9. The minimum atomic E-state index is -0.574. The molecule has 0 aromatic carbocycles. The van der Waals surface area contributed by atoms with Crippen molar-refractivity contribution in [3.05, 3.63) is 23.7 Å². The number of hydrogen-bond donors (Lipinski definition) is 0. The third-order valence-electron chi connectivity index (χ3n) is 5.02. The zero-order valence-electron chi connectivity index (χ0n) is 11.1. The summed E-state index contributed by atoms with van der Waals surface area (Å²) in [6.45, 7) is 6.53. The number of rotatable bonds is 0. The maximum Gasteiger partial charge on any atom is 0.198 e. The van der Waals surface area contributed by atoms with Crippen molar-refractivity contribution < 1.29 is 13.9 Å². The summed E-state index contributed by atoms with van der Waals surface area (Å²) in [5.41, 5.74) is -0.0182. The van der Waals surface area contributed by atoms with Crippen molar-refractivity contribution in [3.8, 4) is 0 Å². The monoisotopic (exact) mass is 246 g/mol. The second-order valence-electron chi connectivity index (χ2n) is 7.16. The smallest absolute Gasteiger partial charge is 0.198 e. The lowest BCUT2D eigenvalue weighted by Gasteiger charge is -2.36. The molecule has 1 saturated heterocycles. The second-order valence-corrected chi connectivity index (χ2v) is 7.16. The molecule has 18 heavy (non-hydrogen) atoms. The highest BCUT2D eigenvalue weighted by Gasteiger charge is 2.68. The number of carbonyl (C=O) groups is 1. The number of hydrogen-bond acceptors (Lipinski definition) is 3. The van der Waals surface area contributed by atoms with Crippen molar-refractivity contribution >= 4 is 5.78 Å². The van der Waals surface area contributed by atoms with Gasteiger partial charge in [0.1, 0.15) is 17.0 Å². The van der Waals surface area contributed by atoms with Gasteiger partial charge in [-0.25, -0.2) is 0 Å². The zero-order valence-corrected chi connectivity index (χ0v) is 11.1. The maximum atomic E-state index is 12.8. The maximum absolute atomic E-state index is 12.8. The summed E-state index contributed by atoms with van der Waals surface area (Å²) in [4.78, 5) is 12.8. The van der Waals surface area contributed by atoms with Crippen LogP contribution in [0.25, 0.3) is 0 Å². The van der Waals surface area contributed by atoms with Gasteiger partial charge in [0.2, 0.25) is 0 Å². The molecule has 1 aromatic rings. The molecule has 1 spiro atoms. The van der Waals surface area contributed by atoms with E-state index in [1.54, 1.807) is 6.26 Å². The summed E-state index contributed by atoms with van der Waals surface area (Å²) in [5, 5.41) is 0. The third-order valence-corrected chi connectivity index (χ3v) is 5.02. The topological polar surface area (TPSA) is 39.4 Å². The van der Waals surface area contributed by atoms with Crippen LogP contribution in [0, 0.1) is 11.3 Å². The average Bonchev–Trinajstić information content (AvgIpc) is 2.84. The van der Waals surface area contributed by atoms with Crippen LogP contribution in [0.5, 0.6) is 0 Å². The van der Waals surface area contributed by atoms with Gasteiger partial charge in [-0.2, -0.15) is 0 Å². The lowest BCUT2D eigenvalue weighted by molar-refractivity contribution is -0.104. The molecule has 3 heteroatoms. The first kappa shape index (κ1) is 10.8. The Balaban J connectivity index is 1.93. The van der Waals surface area contributed by atoms with Crippen LogP contribution in [-0.2, 0) is 10.3 Å². The highest BCUT2D eigenvalue weighted by Crippen LogP contribution is 2.64. The Morgan fingerprint density at radius 1 is 1.28 bits per heavy atom. The van der Waals surface area contributed by atoms with Gasteiger partial charge in [0.15, 0.2) is 5.78 Å². The van der Waals surface area contributed by atoms with E-state index in [9.17, 15) is 4.79 Å². The molecule has 0 radical (unpaired) electrons. The molecule has 2 aliphatic heterocycles. The molecule has 3 atom stereocenters. The summed E-state index contributed by atoms with van der Waals surface area (Å²) in [7, 11) is 0. The number of carbonyl (C=O) groups excluding carboxylic acids is 1. The van der Waals surface area contributed by atoms with Crippen LogP contribution in [0.3, 0.4) is 0 Å². The largest absolute Gasteiger partial charge is 0.465 e. The van der Waals surface area contributed by atoms with Crippen molar-refractivity contribution in [2.24, 2.45) is 11.3 Å². The first-order valence-electron chi connectivity index (χ1n) is 6.69. The van der Waals surface area contributed by atoms with Crippen LogP contribution in [0.1, 0.15) is 56.2 Å². The Morgan fingerprint density at radius 3 is 2.83 bits per heavy atom. The van der Waals surface area contributed by atoms with Gasteiger partial charge >= 0.3 is 0 Å². The molecule has 2 fully saturated rings. The first-order chi connectivity index (χ1) is 8.36. The Morgan fingerprint density at radius 2 is 2.06 bits per heavy atom. The summed E-state index contributed by atoms with van der Waals surface area (Å²) in [5.74, 6) is 1.23. The molecule has 1 saturated carbocycles. The molecule has 2 bridgehead atoms. The predicted octanol–water partition coefficient (Wildman–Crippen LogP) is 3.29. The van der Waals surface area contributed by atoms with Gasteiger partial charge in [0, 0.05) is 0 Å². The molecule has 3 aliphatic rings. The molecule has 0 unspecified atom stereocenters. The van der Waals surface area contributed by atoms with Gasteiger partial charge < -0.3 is 9.15 Å². The highest BCUT2D eigenvalue weighted by atomic mass is 16.5. The van der Waals surface area contributed by atoms with Crippen LogP contribution in [0.2, 0.25) is 0 Å². The van der Waals surface area contributed by atoms with Gasteiger partial charge in [0.25, 0.3) is 0 Å². The Bertz CT molecular complexity index is 556. The van der Waals surface area contributed by atoms with Crippen molar-refractivity contribution in [1.82, 2.24) is 0 Å². The number of Topliss-reactive ketones (excluding diaryl/α,β-unsaturated/α-hetero) is 1. The van der Waals surface area contributed by atoms with Crippen molar-refractivity contribution in [3.63, 3.8) is 0 Å². The van der Waals surface area contributed by atoms with E-state index in [2.05, 4.69) is 20.8 Å². The minimum absolute atomic E-state index is 0.150. The fraction of sp³-hybridized carbons (Fsp3) is 0.667. The second kappa shape index (κ2) is 2.74. The van der Waals surface area contributed by atoms with Crippen LogP contribution < -0.4 is 0 Å².